The van der Waals surface area contributed by atoms with Crippen molar-refractivity contribution in [3.8, 4) is 5.75 Å². The molecule has 2 atom stereocenters. The first-order chi connectivity index (χ1) is 9.81. The van der Waals surface area contributed by atoms with Gasteiger partial charge in [0.15, 0.2) is 0 Å². The van der Waals surface area contributed by atoms with Crippen molar-refractivity contribution >= 4 is 12.4 Å². The van der Waals surface area contributed by atoms with Gasteiger partial charge in [-0.25, -0.2) is 0 Å². The number of hydrogen-bond acceptors (Lipinski definition) is 3. The number of ether oxygens (including phenoxy) is 1. The van der Waals surface area contributed by atoms with Crippen LogP contribution in [-0.4, -0.2) is 23.7 Å². The summed E-state index contributed by atoms with van der Waals surface area (Å²) in [6.45, 7) is 0. The van der Waals surface area contributed by atoms with Gasteiger partial charge in [-0.05, 0) is 36.5 Å². The Morgan fingerprint density at radius 3 is 2.14 bits per heavy atom. The van der Waals surface area contributed by atoms with Crippen LogP contribution in [0.25, 0.3) is 0 Å². The largest absolute Gasteiger partial charge is 0.461 e. The molecule has 126 valence electrons. The zero-order valence-electron chi connectivity index (χ0n) is 11.6. The zero-order chi connectivity index (χ0) is 15.6. The van der Waals surface area contributed by atoms with Gasteiger partial charge in [0.05, 0.1) is 12.1 Å². The lowest BCUT2D eigenvalue weighted by Gasteiger charge is -2.33. The Kier molecular flexibility index (Phi) is 6.46. The third kappa shape index (κ3) is 4.24. The van der Waals surface area contributed by atoms with Crippen molar-refractivity contribution in [3.63, 3.8) is 0 Å². The van der Waals surface area contributed by atoms with E-state index in [2.05, 4.69) is 4.74 Å². The van der Waals surface area contributed by atoms with Crippen molar-refractivity contribution in [2.24, 2.45) is 11.7 Å². The van der Waals surface area contributed by atoms with Crippen molar-refractivity contribution in [1.29, 1.82) is 0 Å². The summed E-state index contributed by atoms with van der Waals surface area (Å²) in [5, 5.41) is 10.0. The van der Waals surface area contributed by atoms with Crippen LogP contribution in [0.1, 0.15) is 30.9 Å². The first-order valence-corrected chi connectivity index (χ1v) is 6.70. The van der Waals surface area contributed by atoms with Gasteiger partial charge >= 0.3 is 12.5 Å². The molecular formula is C14H18ClF4NO2. The summed E-state index contributed by atoms with van der Waals surface area (Å²) < 4.78 is 53.5. The molecule has 3 N–H and O–H groups in total. The Labute approximate surface area is 131 Å². The maximum Gasteiger partial charge on any atom is 0.461 e. The molecule has 1 aromatic carbocycles. The van der Waals surface area contributed by atoms with Gasteiger partial charge in [-0.15, -0.1) is 12.4 Å². The monoisotopic (exact) mass is 343 g/mol. The Hall–Kier alpha value is -1.05. The van der Waals surface area contributed by atoms with Crippen LogP contribution in [0.3, 0.4) is 0 Å². The molecule has 0 amide bonds. The summed E-state index contributed by atoms with van der Waals surface area (Å²) in [7, 11) is 0. The molecule has 1 saturated carbocycles. The topological polar surface area (TPSA) is 55.5 Å². The van der Waals surface area contributed by atoms with E-state index >= 15 is 0 Å². The van der Waals surface area contributed by atoms with Gasteiger partial charge in [0.25, 0.3) is 0 Å². The molecule has 0 aliphatic heterocycles. The molecule has 1 aromatic rings. The van der Waals surface area contributed by atoms with Crippen LogP contribution in [0.2, 0.25) is 0 Å². The molecule has 0 saturated heterocycles. The highest BCUT2D eigenvalue weighted by atomic mass is 35.5. The maximum atomic E-state index is 12.7. The first-order valence-electron chi connectivity index (χ1n) is 6.70. The molecule has 3 nitrogen and oxygen atoms in total. The molecular weight excluding hydrogens is 326 g/mol. The van der Waals surface area contributed by atoms with Gasteiger partial charge in [-0.3, -0.25) is 0 Å². The minimum absolute atomic E-state index is 0. The Bertz CT molecular complexity index is 468. The molecule has 1 aliphatic carbocycles. The van der Waals surface area contributed by atoms with Crippen LogP contribution in [0, 0.1) is 5.92 Å². The predicted molar refractivity (Wildman–Crippen MR) is 75.5 cm³/mol. The van der Waals surface area contributed by atoms with Gasteiger partial charge in [0.2, 0.25) is 0 Å². The molecule has 0 radical (unpaired) electrons. The number of benzene rings is 1. The third-order valence-electron chi connectivity index (χ3n) is 3.77. The second-order valence-corrected chi connectivity index (χ2v) is 5.24. The molecule has 2 rings (SSSR count). The normalized spacial score (nSPS) is 18.3. The maximum absolute atomic E-state index is 12.7. The van der Waals surface area contributed by atoms with Gasteiger partial charge in [0.1, 0.15) is 5.75 Å². The summed E-state index contributed by atoms with van der Waals surface area (Å²) in [5.74, 6) is -0.228. The smallest absolute Gasteiger partial charge is 0.428 e. The fourth-order valence-corrected chi connectivity index (χ4v) is 2.23. The minimum Gasteiger partial charge on any atom is -0.428 e. The van der Waals surface area contributed by atoms with E-state index in [1.54, 1.807) is 0 Å². The van der Waals surface area contributed by atoms with Crippen molar-refractivity contribution < 1.29 is 27.4 Å². The SMILES string of the molecule is Cl.N[C@H](c1ccc(OC(F)(F)C(F)F)cc1)[C@@H](O)C1CCC1. The average Bonchev–Trinajstić information content (AvgIpc) is 2.36. The summed E-state index contributed by atoms with van der Waals surface area (Å²) in [4.78, 5) is 0. The summed E-state index contributed by atoms with van der Waals surface area (Å²) in [6, 6.07) is 4.42. The Morgan fingerprint density at radius 1 is 1.18 bits per heavy atom. The van der Waals surface area contributed by atoms with Crippen LogP contribution in [0.4, 0.5) is 17.6 Å². The highest BCUT2D eigenvalue weighted by Gasteiger charge is 2.44. The lowest BCUT2D eigenvalue weighted by molar-refractivity contribution is -0.253. The quantitative estimate of drug-likeness (QED) is 0.777. The van der Waals surface area contributed by atoms with Crippen molar-refractivity contribution in [1.82, 2.24) is 0 Å². The molecule has 0 heterocycles. The zero-order valence-corrected chi connectivity index (χ0v) is 12.4. The average molecular weight is 344 g/mol. The third-order valence-corrected chi connectivity index (χ3v) is 3.77. The number of halogens is 5. The Balaban J connectivity index is 0.00000242. The van der Waals surface area contributed by atoms with E-state index in [1.807, 2.05) is 0 Å². The van der Waals surface area contributed by atoms with Gasteiger partial charge < -0.3 is 15.6 Å². The van der Waals surface area contributed by atoms with E-state index in [0.29, 0.717) is 5.56 Å². The molecule has 8 heteroatoms. The van der Waals surface area contributed by atoms with E-state index in [4.69, 9.17) is 5.73 Å². The Morgan fingerprint density at radius 2 is 1.73 bits per heavy atom. The second kappa shape index (κ2) is 7.48. The molecule has 0 spiro atoms. The number of alkyl halides is 4. The number of nitrogens with two attached hydrogens (primary N) is 1. The molecule has 22 heavy (non-hydrogen) atoms. The van der Waals surface area contributed by atoms with Crippen LogP contribution < -0.4 is 10.5 Å². The second-order valence-electron chi connectivity index (χ2n) is 5.24. The van der Waals surface area contributed by atoms with Crippen molar-refractivity contribution in [3.05, 3.63) is 29.8 Å². The molecule has 0 aromatic heterocycles. The van der Waals surface area contributed by atoms with Crippen LogP contribution in [0.5, 0.6) is 5.75 Å². The summed E-state index contributed by atoms with van der Waals surface area (Å²) in [5.41, 5.74) is 6.46. The highest BCUT2D eigenvalue weighted by molar-refractivity contribution is 5.85. The van der Waals surface area contributed by atoms with Crippen LogP contribution in [-0.2, 0) is 0 Å². The lowest BCUT2D eigenvalue weighted by atomic mass is 9.77. The highest BCUT2D eigenvalue weighted by Crippen LogP contribution is 2.35. The predicted octanol–water partition coefficient (Wildman–Crippen LogP) is 3.51. The van der Waals surface area contributed by atoms with Crippen LogP contribution in [0.15, 0.2) is 24.3 Å². The number of rotatable bonds is 6. The van der Waals surface area contributed by atoms with Crippen LogP contribution >= 0.6 is 12.4 Å². The number of aliphatic hydroxyl groups is 1. The van der Waals surface area contributed by atoms with Gasteiger partial charge in [0, 0.05) is 0 Å². The summed E-state index contributed by atoms with van der Waals surface area (Å²) in [6.07, 6.45) is -6.25. The fraction of sp³-hybridized carbons (Fsp3) is 0.571. The van der Waals surface area contributed by atoms with Crippen molar-refractivity contribution in [2.45, 2.75) is 43.9 Å². The molecule has 0 bridgehead atoms. The van der Waals surface area contributed by atoms with E-state index in [-0.39, 0.29) is 24.1 Å². The fourth-order valence-electron chi connectivity index (χ4n) is 2.23. The van der Waals surface area contributed by atoms with E-state index in [1.165, 1.54) is 12.1 Å². The molecule has 1 aliphatic rings. The molecule has 0 unspecified atom stereocenters. The number of hydrogen-bond donors (Lipinski definition) is 2. The van der Waals surface area contributed by atoms with Crippen molar-refractivity contribution in [2.75, 3.05) is 0 Å². The lowest BCUT2D eigenvalue weighted by Crippen LogP contribution is -2.36. The number of aliphatic hydroxyl groups excluding tert-OH is 1. The van der Waals surface area contributed by atoms with E-state index in [9.17, 15) is 22.7 Å². The minimum atomic E-state index is -4.53. The van der Waals surface area contributed by atoms with E-state index in [0.717, 1.165) is 31.4 Å². The van der Waals surface area contributed by atoms with Gasteiger partial charge in [-0.2, -0.15) is 17.6 Å². The molecule has 1 fully saturated rings. The summed E-state index contributed by atoms with van der Waals surface area (Å²) >= 11 is 0. The first kappa shape index (κ1) is 19.0. The van der Waals surface area contributed by atoms with Gasteiger partial charge in [-0.1, -0.05) is 18.6 Å². The standard InChI is InChI=1S/C14H17F4NO2.ClH/c15-13(16)14(17,18)21-10-6-4-8(5-7-10)11(19)12(20)9-2-1-3-9;/h4-7,9,11-13,20H,1-3,19H2;1H/t11-,12+;/m1./s1. The van der Waals surface area contributed by atoms with E-state index < -0.39 is 24.7 Å².